The van der Waals surface area contributed by atoms with Gasteiger partial charge in [0.25, 0.3) is 0 Å². The van der Waals surface area contributed by atoms with Gasteiger partial charge in [-0.25, -0.2) is 4.68 Å². The largest absolute Gasteiger partial charge is 0.497 e. The summed E-state index contributed by atoms with van der Waals surface area (Å²) in [5.74, 6) is 1.93. The molecule has 152 valence electrons. The Morgan fingerprint density at radius 3 is 2.28 bits per heavy atom. The van der Waals surface area contributed by atoms with Crippen LogP contribution in [0.3, 0.4) is 0 Å². The van der Waals surface area contributed by atoms with Gasteiger partial charge in [-0.3, -0.25) is 4.79 Å². The molecule has 0 fully saturated rings. The molecule has 29 heavy (non-hydrogen) atoms. The number of carbonyl (C=O) groups is 1. The number of hydrogen-bond acceptors (Lipinski definition) is 8. The van der Waals surface area contributed by atoms with E-state index in [1.165, 1.54) is 11.8 Å². The Labute approximate surface area is 172 Å². The Bertz CT molecular complexity index is 939. The van der Waals surface area contributed by atoms with E-state index in [0.29, 0.717) is 28.9 Å². The lowest BCUT2D eigenvalue weighted by atomic mass is 10.2. The molecule has 0 atom stereocenters. The lowest BCUT2D eigenvalue weighted by Crippen LogP contribution is -2.15. The number of aromatic nitrogens is 4. The Morgan fingerprint density at radius 2 is 1.66 bits per heavy atom. The first kappa shape index (κ1) is 20.5. The number of ether oxygens (including phenoxy) is 3. The summed E-state index contributed by atoms with van der Waals surface area (Å²) in [4.78, 5) is 12.3. The van der Waals surface area contributed by atoms with E-state index < -0.39 is 0 Å². The average molecular weight is 415 g/mol. The van der Waals surface area contributed by atoms with Crippen LogP contribution >= 0.6 is 11.8 Å². The average Bonchev–Trinajstić information content (AvgIpc) is 3.19. The number of nitrogens with zero attached hydrogens (tertiary/aromatic N) is 4. The second-order valence-electron chi connectivity index (χ2n) is 5.91. The quantitative estimate of drug-likeness (QED) is 0.532. The van der Waals surface area contributed by atoms with Crippen LogP contribution in [0.25, 0.3) is 0 Å². The van der Waals surface area contributed by atoms with Crippen molar-refractivity contribution in [1.29, 1.82) is 0 Å². The molecule has 10 heteroatoms. The number of nitrogens with one attached hydrogen (secondary N) is 1. The Kier molecular flexibility index (Phi) is 6.90. The predicted molar refractivity (Wildman–Crippen MR) is 109 cm³/mol. The second-order valence-corrected chi connectivity index (χ2v) is 6.85. The van der Waals surface area contributed by atoms with Gasteiger partial charge in [0, 0.05) is 23.9 Å². The van der Waals surface area contributed by atoms with Gasteiger partial charge >= 0.3 is 0 Å². The summed E-state index contributed by atoms with van der Waals surface area (Å²) in [5.41, 5.74) is 1.61. The molecular weight excluding hydrogens is 394 g/mol. The maximum atomic E-state index is 12.3. The van der Waals surface area contributed by atoms with Crippen molar-refractivity contribution in [2.24, 2.45) is 0 Å². The molecule has 0 aliphatic rings. The fourth-order valence-corrected chi connectivity index (χ4v) is 3.19. The van der Waals surface area contributed by atoms with Crippen LogP contribution in [0.2, 0.25) is 0 Å². The number of thioether (sulfide) groups is 1. The number of tetrazole rings is 1. The molecule has 0 aliphatic heterocycles. The van der Waals surface area contributed by atoms with Crippen molar-refractivity contribution in [3.63, 3.8) is 0 Å². The van der Waals surface area contributed by atoms with Crippen molar-refractivity contribution in [1.82, 2.24) is 20.2 Å². The van der Waals surface area contributed by atoms with E-state index in [-0.39, 0.29) is 11.7 Å². The van der Waals surface area contributed by atoms with Crippen molar-refractivity contribution in [2.75, 3.05) is 32.4 Å². The first-order valence-corrected chi connectivity index (χ1v) is 9.64. The van der Waals surface area contributed by atoms with Crippen LogP contribution in [-0.4, -0.2) is 53.2 Å². The van der Waals surface area contributed by atoms with Crippen molar-refractivity contribution in [3.8, 4) is 17.2 Å². The minimum absolute atomic E-state index is 0.155. The van der Waals surface area contributed by atoms with Crippen LogP contribution in [0.4, 0.5) is 5.69 Å². The summed E-state index contributed by atoms with van der Waals surface area (Å²) >= 11 is 1.26. The van der Waals surface area contributed by atoms with E-state index in [2.05, 4.69) is 20.8 Å². The summed E-state index contributed by atoms with van der Waals surface area (Å²) in [7, 11) is 4.73. The van der Waals surface area contributed by atoms with Gasteiger partial charge in [0.15, 0.2) is 0 Å². The minimum atomic E-state index is -0.190. The zero-order valence-corrected chi connectivity index (χ0v) is 17.1. The maximum Gasteiger partial charge on any atom is 0.234 e. The highest BCUT2D eigenvalue weighted by molar-refractivity contribution is 7.99. The molecule has 0 radical (unpaired) electrons. The van der Waals surface area contributed by atoms with Gasteiger partial charge in [-0.1, -0.05) is 23.9 Å². The fourth-order valence-electron chi connectivity index (χ4n) is 2.51. The van der Waals surface area contributed by atoms with E-state index in [9.17, 15) is 4.79 Å². The highest BCUT2D eigenvalue weighted by Gasteiger charge is 2.12. The van der Waals surface area contributed by atoms with E-state index in [4.69, 9.17) is 14.2 Å². The first-order chi connectivity index (χ1) is 14.1. The lowest BCUT2D eigenvalue weighted by molar-refractivity contribution is -0.113. The molecule has 0 saturated heterocycles. The molecule has 3 rings (SSSR count). The van der Waals surface area contributed by atoms with Gasteiger partial charge in [-0.2, -0.15) is 0 Å². The number of rotatable bonds is 9. The van der Waals surface area contributed by atoms with E-state index in [1.54, 1.807) is 44.2 Å². The van der Waals surface area contributed by atoms with Gasteiger partial charge in [0.2, 0.25) is 11.1 Å². The Hall–Kier alpha value is -3.27. The third-order valence-electron chi connectivity index (χ3n) is 3.96. The van der Waals surface area contributed by atoms with Crippen LogP contribution < -0.4 is 19.5 Å². The topological polar surface area (TPSA) is 100 Å². The molecule has 2 aromatic carbocycles. The van der Waals surface area contributed by atoms with Crippen LogP contribution in [0, 0.1) is 0 Å². The zero-order valence-electron chi connectivity index (χ0n) is 16.3. The summed E-state index contributed by atoms with van der Waals surface area (Å²) in [5, 5.41) is 15.1. The molecule has 9 nitrogen and oxygen atoms in total. The molecule has 1 aromatic heterocycles. The second kappa shape index (κ2) is 9.78. The number of benzene rings is 2. The molecule has 1 N–H and O–H groups in total. The standard InChI is InChI=1S/C19H21N5O4S/c1-26-15-6-4-13(5-7-15)11-24-19(21-22-23-24)29-12-18(25)20-14-8-16(27-2)10-17(9-14)28-3/h4-10H,11-12H2,1-3H3,(H,20,25). The molecule has 3 aromatic rings. The molecule has 0 unspecified atom stereocenters. The first-order valence-electron chi connectivity index (χ1n) is 8.66. The van der Waals surface area contributed by atoms with Crippen LogP contribution in [0.5, 0.6) is 17.2 Å². The van der Waals surface area contributed by atoms with Crippen molar-refractivity contribution >= 4 is 23.4 Å². The number of anilines is 1. The molecule has 0 bridgehead atoms. The highest BCUT2D eigenvalue weighted by Crippen LogP contribution is 2.26. The SMILES string of the molecule is COc1ccc(Cn2nnnc2SCC(=O)Nc2cc(OC)cc(OC)c2)cc1. The Morgan fingerprint density at radius 1 is 1.00 bits per heavy atom. The van der Waals surface area contributed by atoms with Gasteiger partial charge in [-0.15, -0.1) is 5.10 Å². The zero-order chi connectivity index (χ0) is 20.6. The molecule has 0 aliphatic carbocycles. The van der Waals surface area contributed by atoms with Crippen molar-refractivity contribution in [3.05, 3.63) is 48.0 Å². The number of hydrogen-bond donors (Lipinski definition) is 1. The summed E-state index contributed by atoms with van der Waals surface area (Å²) in [6, 6.07) is 12.8. The third-order valence-corrected chi connectivity index (χ3v) is 4.92. The minimum Gasteiger partial charge on any atom is -0.497 e. The lowest BCUT2D eigenvalue weighted by Gasteiger charge is -2.10. The van der Waals surface area contributed by atoms with Gasteiger partial charge in [0.05, 0.1) is 33.6 Å². The number of methoxy groups -OCH3 is 3. The number of carbonyl (C=O) groups excluding carboxylic acids is 1. The van der Waals surface area contributed by atoms with Crippen LogP contribution in [-0.2, 0) is 11.3 Å². The summed E-state index contributed by atoms with van der Waals surface area (Å²) in [6.45, 7) is 0.494. The van der Waals surface area contributed by atoms with Crippen molar-refractivity contribution < 1.29 is 19.0 Å². The molecule has 0 spiro atoms. The van der Waals surface area contributed by atoms with E-state index in [1.807, 2.05) is 24.3 Å². The van der Waals surface area contributed by atoms with Gasteiger partial charge in [0.1, 0.15) is 17.2 Å². The molecule has 1 amide bonds. The predicted octanol–water partition coefficient (Wildman–Crippen LogP) is 2.48. The summed E-state index contributed by atoms with van der Waals surface area (Å²) in [6.07, 6.45) is 0. The fraction of sp³-hybridized carbons (Fsp3) is 0.263. The highest BCUT2D eigenvalue weighted by atomic mass is 32.2. The molecule has 1 heterocycles. The smallest absolute Gasteiger partial charge is 0.234 e. The van der Waals surface area contributed by atoms with E-state index >= 15 is 0 Å². The molecule has 0 saturated carbocycles. The number of amides is 1. The Balaban J connectivity index is 1.59. The van der Waals surface area contributed by atoms with Crippen LogP contribution in [0.15, 0.2) is 47.6 Å². The molecular formula is C19H21N5O4S. The summed E-state index contributed by atoms with van der Waals surface area (Å²) < 4.78 is 17.2. The van der Waals surface area contributed by atoms with Crippen LogP contribution in [0.1, 0.15) is 5.56 Å². The van der Waals surface area contributed by atoms with E-state index in [0.717, 1.165) is 11.3 Å². The maximum absolute atomic E-state index is 12.3. The van der Waals surface area contributed by atoms with Gasteiger partial charge < -0.3 is 19.5 Å². The normalized spacial score (nSPS) is 10.4. The van der Waals surface area contributed by atoms with Crippen molar-refractivity contribution in [2.45, 2.75) is 11.7 Å². The monoisotopic (exact) mass is 415 g/mol. The van der Waals surface area contributed by atoms with Gasteiger partial charge in [-0.05, 0) is 28.1 Å². The third kappa shape index (κ3) is 5.61.